The highest BCUT2D eigenvalue weighted by atomic mass is 16.6. The Morgan fingerprint density at radius 2 is 1.75 bits per heavy atom. The first-order valence-electron chi connectivity index (χ1n) is 6.31. The monoisotopic (exact) mass is 219 g/mol. The van der Waals surface area contributed by atoms with Crippen LogP contribution >= 0.6 is 0 Å². The third-order valence-electron chi connectivity index (χ3n) is 3.59. The molecule has 0 amide bonds. The fourth-order valence-corrected chi connectivity index (χ4v) is 2.74. The van der Waals surface area contributed by atoms with E-state index < -0.39 is 0 Å². The first-order valence-corrected chi connectivity index (χ1v) is 6.31. The molecule has 2 rings (SSSR count). The maximum Gasteiger partial charge on any atom is 0.0932 e. The minimum absolute atomic E-state index is 0.534. The Bertz CT molecular complexity index is 316. The molecule has 0 radical (unpaired) electrons. The Kier molecular flexibility index (Phi) is 4.37. The van der Waals surface area contributed by atoms with E-state index in [4.69, 9.17) is 10.7 Å². The SMILES string of the molecule is NOCc1ccccc1C1CCCCCC1. The predicted octanol–water partition coefficient (Wildman–Crippen LogP) is 3.51. The van der Waals surface area contributed by atoms with Gasteiger partial charge in [0.15, 0.2) is 0 Å². The van der Waals surface area contributed by atoms with Crippen molar-refractivity contribution in [3.05, 3.63) is 35.4 Å². The van der Waals surface area contributed by atoms with Crippen molar-refractivity contribution in [1.29, 1.82) is 0 Å². The lowest BCUT2D eigenvalue weighted by Gasteiger charge is -2.18. The molecule has 1 aromatic carbocycles. The first kappa shape index (κ1) is 11.6. The quantitative estimate of drug-likeness (QED) is 0.623. The fourth-order valence-electron chi connectivity index (χ4n) is 2.74. The Morgan fingerprint density at radius 1 is 1.06 bits per heavy atom. The molecule has 0 bridgehead atoms. The number of hydrogen-bond acceptors (Lipinski definition) is 2. The molecule has 0 saturated heterocycles. The van der Waals surface area contributed by atoms with Gasteiger partial charge in [-0.05, 0) is 29.9 Å². The van der Waals surface area contributed by atoms with E-state index in [9.17, 15) is 0 Å². The van der Waals surface area contributed by atoms with Crippen molar-refractivity contribution in [2.75, 3.05) is 0 Å². The van der Waals surface area contributed by atoms with Gasteiger partial charge in [-0.3, -0.25) is 4.84 Å². The molecule has 1 aromatic rings. The molecule has 88 valence electrons. The van der Waals surface area contributed by atoms with E-state index in [1.54, 1.807) is 0 Å². The highest BCUT2D eigenvalue weighted by Gasteiger charge is 2.16. The van der Waals surface area contributed by atoms with E-state index in [1.807, 2.05) is 0 Å². The first-order chi connectivity index (χ1) is 7.92. The van der Waals surface area contributed by atoms with Gasteiger partial charge in [0.25, 0.3) is 0 Å². The van der Waals surface area contributed by atoms with Crippen molar-refractivity contribution in [2.45, 2.75) is 51.0 Å². The third-order valence-corrected chi connectivity index (χ3v) is 3.59. The van der Waals surface area contributed by atoms with Gasteiger partial charge in [0, 0.05) is 0 Å². The largest absolute Gasteiger partial charge is 0.300 e. The smallest absolute Gasteiger partial charge is 0.0932 e. The van der Waals surface area contributed by atoms with Crippen LogP contribution in [0.5, 0.6) is 0 Å². The summed E-state index contributed by atoms with van der Waals surface area (Å²) >= 11 is 0. The molecule has 0 aromatic heterocycles. The molecule has 1 fully saturated rings. The zero-order valence-electron chi connectivity index (χ0n) is 9.82. The van der Waals surface area contributed by atoms with E-state index >= 15 is 0 Å². The number of benzene rings is 1. The molecule has 1 saturated carbocycles. The molecule has 1 aliphatic rings. The lowest BCUT2D eigenvalue weighted by Crippen LogP contribution is -2.06. The average Bonchev–Trinajstić information content (AvgIpc) is 2.59. The van der Waals surface area contributed by atoms with Crippen LogP contribution in [-0.2, 0) is 11.4 Å². The summed E-state index contributed by atoms with van der Waals surface area (Å²) in [6.45, 7) is 0.534. The highest BCUT2D eigenvalue weighted by Crippen LogP contribution is 2.33. The second-order valence-electron chi connectivity index (χ2n) is 4.70. The number of nitrogens with two attached hydrogens (primary N) is 1. The lowest BCUT2D eigenvalue weighted by atomic mass is 9.88. The van der Waals surface area contributed by atoms with Gasteiger partial charge in [0.05, 0.1) is 6.61 Å². The van der Waals surface area contributed by atoms with Crippen LogP contribution in [0.4, 0.5) is 0 Å². The molecule has 2 heteroatoms. The summed E-state index contributed by atoms with van der Waals surface area (Å²) in [6.07, 6.45) is 8.16. The predicted molar refractivity (Wildman–Crippen MR) is 65.9 cm³/mol. The standard InChI is InChI=1S/C14H21NO/c15-16-11-13-9-5-6-10-14(13)12-7-3-1-2-4-8-12/h5-6,9-10,12H,1-4,7-8,11,15H2. The fraction of sp³-hybridized carbons (Fsp3) is 0.571. The van der Waals surface area contributed by atoms with Crippen LogP contribution in [0.15, 0.2) is 24.3 Å². The van der Waals surface area contributed by atoms with Gasteiger partial charge in [0.2, 0.25) is 0 Å². The van der Waals surface area contributed by atoms with Crippen molar-refractivity contribution >= 4 is 0 Å². The molecule has 16 heavy (non-hydrogen) atoms. The van der Waals surface area contributed by atoms with E-state index in [-0.39, 0.29) is 0 Å². The summed E-state index contributed by atoms with van der Waals surface area (Å²) in [6, 6.07) is 8.56. The average molecular weight is 219 g/mol. The van der Waals surface area contributed by atoms with Crippen molar-refractivity contribution in [3.8, 4) is 0 Å². The Labute approximate surface area is 97.8 Å². The van der Waals surface area contributed by atoms with Crippen molar-refractivity contribution in [3.63, 3.8) is 0 Å². The van der Waals surface area contributed by atoms with Crippen LogP contribution in [0.1, 0.15) is 55.6 Å². The van der Waals surface area contributed by atoms with Gasteiger partial charge < -0.3 is 0 Å². The molecule has 2 nitrogen and oxygen atoms in total. The van der Waals surface area contributed by atoms with E-state index in [0.717, 1.165) is 0 Å². The van der Waals surface area contributed by atoms with Crippen LogP contribution in [0.3, 0.4) is 0 Å². The number of hydrogen-bond donors (Lipinski definition) is 1. The minimum Gasteiger partial charge on any atom is -0.300 e. The summed E-state index contributed by atoms with van der Waals surface area (Å²) in [5, 5.41) is 0. The van der Waals surface area contributed by atoms with Crippen molar-refractivity contribution in [2.24, 2.45) is 5.90 Å². The van der Waals surface area contributed by atoms with Gasteiger partial charge in [-0.2, -0.15) is 0 Å². The van der Waals surface area contributed by atoms with E-state index in [1.165, 1.54) is 49.7 Å². The summed E-state index contributed by atoms with van der Waals surface area (Å²) in [7, 11) is 0. The second kappa shape index (κ2) is 6.02. The zero-order chi connectivity index (χ0) is 11.2. The van der Waals surface area contributed by atoms with Crippen LogP contribution < -0.4 is 5.90 Å². The molecule has 0 unspecified atom stereocenters. The maximum absolute atomic E-state index is 5.19. The molecule has 0 aliphatic heterocycles. The summed E-state index contributed by atoms with van der Waals surface area (Å²) in [4.78, 5) is 4.79. The molecule has 0 atom stereocenters. The maximum atomic E-state index is 5.19. The topological polar surface area (TPSA) is 35.2 Å². The third kappa shape index (κ3) is 2.83. The van der Waals surface area contributed by atoms with Crippen molar-refractivity contribution in [1.82, 2.24) is 0 Å². The zero-order valence-corrected chi connectivity index (χ0v) is 9.82. The van der Waals surface area contributed by atoms with Gasteiger partial charge in [-0.1, -0.05) is 49.9 Å². The normalized spacial score (nSPS) is 18.3. The van der Waals surface area contributed by atoms with Crippen LogP contribution in [0.2, 0.25) is 0 Å². The molecular formula is C14H21NO. The highest BCUT2D eigenvalue weighted by molar-refractivity contribution is 5.30. The van der Waals surface area contributed by atoms with Crippen LogP contribution in [-0.4, -0.2) is 0 Å². The summed E-state index contributed by atoms with van der Waals surface area (Å²) in [5.74, 6) is 5.91. The summed E-state index contributed by atoms with van der Waals surface area (Å²) < 4.78 is 0. The Morgan fingerprint density at radius 3 is 2.44 bits per heavy atom. The van der Waals surface area contributed by atoms with E-state index in [0.29, 0.717) is 12.5 Å². The van der Waals surface area contributed by atoms with Gasteiger partial charge in [-0.15, -0.1) is 0 Å². The van der Waals surface area contributed by atoms with E-state index in [2.05, 4.69) is 24.3 Å². The Balaban J connectivity index is 2.16. The lowest BCUT2D eigenvalue weighted by molar-refractivity contribution is 0.123. The van der Waals surface area contributed by atoms with Gasteiger partial charge in [0.1, 0.15) is 0 Å². The molecule has 0 heterocycles. The molecule has 2 N–H and O–H groups in total. The van der Waals surface area contributed by atoms with Gasteiger partial charge in [-0.25, -0.2) is 5.90 Å². The number of rotatable bonds is 3. The van der Waals surface area contributed by atoms with Crippen LogP contribution in [0.25, 0.3) is 0 Å². The minimum atomic E-state index is 0.534. The molecule has 1 aliphatic carbocycles. The Hall–Kier alpha value is -0.860. The van der Waals surface area contributed by atoms with Gasteiger partial charge >= 0.3 is 0 Å². The molecular weight excluding hydrogens is 198 g/mol. The van der Waals surface area contributed by atoms with Crippen LogP contribution in [0, 0.1) is 0 Å². The molecule has 0 spiro atoms. The second-order valence-corrected chi connectivity index (χ2v) is 4.70. The van der Waals surface area contributed by atoms with Crippen molar-refractivity contribution < 1.29 is 4.84 Å². The summed E-state index contributed by atoms with van der Waals surface area (Å²) in [5.41, 5.74) is 2.71.